The molecule has 1 saturated heterocycles. The van der Waals surface area contributed by atoms with E-state index in [0.29, 0.717) is 43.2 Å². The highest BCUT2D eigenvalue weighted by Crippen LogP contribution is 2.26. The van der Waals surface area contributed by atoms with E-state index >= 15 is 0 Å². The molecule has 2 heterocycles. The molecule has 6 heteroatoms. The number of hydrogen-bond acceptors (Lipinski definition) is 5. The fourth-order valence-electron chi connectivity index (χ4n) is 2.63. The van der Waals surface area contributed by atoms with Gasteiger partial charge in [-0.1, -0.05) is 12.1 Å². The van der Waals surface area contributed by atoms with Crippen LogP contribution in [-0.4, -0.2) is 31.1 Å². The molecule has 24 heavy (non-hydrogen) atoms. The van der Waals surface area contributed by atoms with E-state index in [-0.39, 0.29) is 17.4 Å². The van der Waals surface area contributed by atoms with Crippen LogP contribution in [0.1, 0.15) is 17.7 Å². The number of aromatic nitrogens is 1. The van der Waals surface area contributed by atoms with Crippen LogP contribution in [0.4, 0.5) is 0 Å². The SMILES string of the molecule is Cc1cc(-c2cccc(OCCC3OCCO3)c2)c(C#N)c(=O)[nH]1. The standard InChI is InChI=1S/C18H18N2O4/c1-12-9-15(16(11-19)18(21)20-12)13-3-2-4-14(10-13)22-6-5-17-23-7-8-24-17/h2-4,9-10,17H,5-8H2,1H3,(H,20,21). The van der Waals surface area contributed by atoms with Gasteiger partial charge < -0.3 is 19.2 Å². The van der Waals surface area contributed by atoms with Crippen molar-refractivity contribution in [3.05, 3.63) is 51.9 Å². The fourth-order valence-corrected chi connectivity index (χ4v) is 2.63. The summed E-state index contributed by atoms with van der Waals surface area (Å²) in [6, 6.07) is 11.1. The fraction of sp³-hybridized carbons (Fsp3) is 0.333. The monoisotopic (exact) mass is 326 g/mol. The maximum atomic E-state index is 11.9. The molecule has 1 fully saturated rings. The summed E-state index contributed by atoms with van der Waals surface area (Å²) < 4.78 is 16.5. The van der Waals surface area contributed by atoms with Gasteiger partial charge in [0.05, 0.1) is 19.8 Å². The molecule has 1 aromatic carbocycles. The van der Waals surface area contributed by atoms with Gasteiger partial charge in [-0.3, -0.25) is 4.79 Å². The number of pyridine rings is 1. The van der Waals surface area contributed by atoms with Crippen LogP contribution in [0.2, 0.25) is 0 Å². The van der Waals surface area contributed by atoms with Crippen LogP contribution in [0, 0.1) is 18.3 Å². The molecule has 0 spiro atoms. The Bertz CT molecular complexity index is 816. The second kappa shape index (κ2) is 7.30. The topological polar surface area (TPSA) is 84.3 Å². The van der Waals surface area contributed by atoms with Crippen molar-refractivity contribution >= 4 is 0 Å². The van der Waals surface area contributed by atoms with E-state index in [9.17, 15) is 10.1 Å². The van der Waals surface area contributed by atoms with Crippen LogP contribution >= 0.6 is 0 Å². The van der Waals surface area contributed by atoms with Crippen LogP contribution in [-0.2, 0) is 9.47 Å². The second-order valence-electron chi connectivity index (χ2n) is 5.52. The third-order valence-corrected chi connectivity index (χ3v) is 3.74. The van der Waals surface area contributed by atoms with Crippen molar-refractivity contribution < 1.29 is 14.2 Å². The van der Waals surface area contributed by atoms with E-state index in [0.717, 1.165) is 5.56 Å². The molecular weight excluding hydrogens is 308 g/mol. The van der Waals surface area contributed by atoms with Gasteiger partial charge in [0.15, 0.2) is 6.29 Å². The van der Waals surface area contributed by atoms with Crippen LogP contribution in [0.15, 0.2) is 35.1 Å². The van der Waals surface area contributed by atoms with Crippen molar-refractivity contribution in [2.75, 3.05) is 19.8 Å². The quantitative estimate of drug-likeness (QED) is 0.912. The predicted molar refractivity (Wildman–Crippen MR) is 87.8 cm³/mol. The molecule has 3 rings (SSSR count). The van der Waals surface area contributed by atoms with Crippen molar-refractivity contribution in [1.29, 1.82) is 5.26 Å². The maximum absolute atomic E-state index is 11.9. The zero-order chi connectivity index (χ0) is 16.9. The van der Waals surface area contributed by atoms with Gasteiger partial charge in [-0.05, 0) is 30.7 Å². The molecule has 2 aromatic rings. The molecule has 6 nitrogen and oxygen atoms in total. The minimum Gasteiger partial charge on any atom is -0.493 e. The summed E-state index contributed by atoms with van der Waals surface area (Å²) in [5.74, 6) is 0.673. The van der Waals surface area contributed by atoms with Gasteiger partial charge in [0.25, 0.3) is 5.56 Å². The first kappa shape index (κ1) is 16.2. The molecule has 1 aliphatic rings. The van der Waals surface area contributed by atoms with E-state index < -0.39 is 0 Å². The largest absolute Gasteiger partial charge is 0.493 e. The number of H-pyrrole nitrogens is 1. The number of nitrogens with one attached hydrogen (secondary N) is 1. The first-order chi connectivity index (χ1) is 11.7. The summed E-state index contributed by atoms with van der Waals surface area (Å²) in [5.41, 5.74) is 1.80. The lowest BCUT2D eigenvalue weighted by atomic mass is 10.0. The number of nitriles is 1. The van der Waals surface area contributed by atoms with Gasteiger partial charge in [-0.25, -0.2) is 0 Å². The second-order valence-corrected chi connectivity index (χ2v) is 5.52. The van der Waals surface area contributed by atoms with Crippen LogP contribution in [0.3, 0.4) is 0 Å². The lowest BCUT2D eigenvalue weighted by Gasteiger charge is -2.12. The molecule has 0 saturated carbocycles. The maximum Gasteiger partial charge on any atom is 0.266 e. The molecule has 0 atom stereocenters. The first-order valence-corrected chi connectivity index (χ1v) is 7.78. The summed E-state index contributed by atoms with van der Waals surface area (Å²) in [6.07, 6.45) is 0.450. The number of rotatable bonds is 5. The lowest BCUT2D eigenvalue weighted by molar-refractivity contribution is -0.0531. The summed E-state index contributed by atoms with van der Waals surface area (Å²) in [7, 11) is 0. The Kier molecular flexibility index (Phi) is 4.94. The number of benzene rings is 1. The normalized spacial score (nSPS) is 14.5. The van der Waals surface area contributed by atoms with E-state index in [1.165, 1.54) is 0 Å². The molecule has 1 aromatic heterocycles. The Morgan fingerprint density at radius 1 is 1.33 bits per heavy atom. The highest BCUT2D eigenvalue weighted by atomic mass is 16.7. The third-order valence-electron chi connectivity index (χ3n) is 3.74. The summed E-state index contributed by atoms with van der Waals surface area (Å²) in [5, 5.41) is 9.25. The smallest absolute Gasteiger partial charge is 0.266 e. The van der Waals surface area contributed by atoms with Crippen molar-refractivity contribution in [2.45, 2.75) is 19.6 Å². The third kappa shape index (κ3) is 3.65. The van der Waals surface area contributed by atoms with Crippen molar-refractivity contribution in [1.82, 2.24) is 4.98 Å². The van der Waals surface area contributed by atoms with Gasteiger partial charge in [-0.15, -0.1) is 0 Å². The molecule has 0 radical (unpaired) electrons. The van der Waals surface area contributed by atoms with Gasteiger partial charge in [0.1, 0.15) is 17.4 Å². The van der Waals surface area contributed by atoms with E-state index in [1.54, 1.807) is 13.0 Å². The number of ether oxygens (including phenoxy) is 3. The van der Waals surface area contributed by atoms with Gasteiger partial charge >= 0.3 is 0 Å². The predicted octanol–water partition coefficient (Wildman–Crippen LogP) is 2.36. The molecule has 124 valence electrons. The van der Waals surface area contributed by atoms with Crippen molar-refractivity contribution in [2.24, 2.45) is 0 Å². The van der Waals surface area contributed by atoms with Gasteiger partial charge in [0, 0.05) is 17.7 Å². The molecule has 1 aliphatic heterocycles. The van der Waals surface area contributed by atoms with Crippen LogP contribution in [0.25, 0.3) is 11.1 Å². The molecule has 0 aliphatic carbocycles. The van der Waals surface area contributed by atoms with Gasteiger partial charge in [0.2, 0.25) is 0 Å². The average molecular weight is 326 g/mol. The highest BCUT2D eigenvalue weighted by molar-refractivity contribution is 5.71. The molecular formula is C18H18N2O4. The van der Waals surface area contributed by atoms with Gasteiger partial charge in [-0.2, -0.15) is 5.26 Å². The molecule has 1 N–H and O–H groups in total. The zero-order valence-electron chi connectivity index (χ0n) is 13.4. The number of aromatic amines is 1. The Balaban J connectivity index is 1.78. The highest BCUT2D eigenvalue weighted by Gasteiger charge is 2.16. The van der Waals surface area contributed by atoms with E-state index in [4.69, 9.17) is 14.2 Å². The van der Waals surface area contributed by atoms with E-state index in [2.05, 4.69) is 4.98 Å². The minimum atomic E-state index is -0.380. The summed E-state index contributed by atoms with van der Waals surface area (Å²) >= 11 is 0. The van der Waals surface area contributed by atoms with Crippen molar-refractivity contribution in [3.63, 3.8) is 0 Å². The summed E-state index contributed by atoms with van der Waals surface area (Å²) in [4.78, 5) is 14.6. The Hall–Kier alpha value is -2.62. The molecule has 0 amide bonds. The molecule has 0 unspecified atom stereocenters. The lowest BCUT2D eigenvalue weighted by Crippen LogP contribution is -2.13. The first-order valence-electron chi connectivity index (χ1n) is 7.78. The van der Waals surface area contributed by atoms with Crippen molar-refractivity contribution in [3.8, 4) is 22.9 Å². The Labute approximate surface area is 139 Å². The average Bonchev–Trinajstić information content (AvgIpc) is 3.08. The minimum absolute atomic E-state index is 0.102. The Morgan fingerprint density at radius 3 is 2.88 bits per heavy atom. The number of hydrogen-bond donors (Lipinski definition) is 1. The zero-order valence-corrected chi connectivity index (χ0v) is 13.4. The van der Waals surface area contributed by atoms with Crippen LogP contribution < -0.4 is 10.3 Å². The Morgan fingerprint density at radius 2 is 2.12 bits per heavy atom. The summed E-state index contributed by atoms with van der Waals surface area (Å²) in [6.45, 7) is 3.50. The number of nitrogens with zero attached hydrogens (tertiary/aromatic N) is 1. The van der Waals surface area contributed by atoms with Crippen LogP contribution in [0.5, 0.6) is 5.75 Å². The number of aryl methyl sites for hydroxylation is 1. The van der Waals surface area contributed by atoms with E-state index in [1.807, 2.05) is 30.3 Å². The molecule has 0 bridgehead atoms.